The van der Waals surface area contributed by atoms with E-state index in [1.54, 1.807) is 12.1 Å². The smallest absolute Gasteiger partial charge is 0.123 e. The summed E-state index contributed by atoms with van der Waals surface area (Å²) in [4.78, 5) is 2.12. The van der Waals surface area contributed by atoms with Gasteiger partial charge in [-0.25, -0.2) is 4.39 Å². The quantitative estimate of drug-likeness (QED) is 0.893. The van der Waals surface area contributed by atoms with Gasteiger partial charge in [0.25, 0.3) is 0 Å². The molecule has 0 bridgehead atoms. The van der Waals surface area contributed by atoms with Gasteiger partial charge in [0.2, 0.25) is 0 Å². The van der Waals surface area contributed by atoms with E-state index in [9.17, 15) is 9.50 Å². The summed E-state index contributed by atoms with van der Waals surface area (Å²) in [5.74, 6) is -0.0194. The standard InChI is InChI=1S/C15H22FNO/c1-17(2)11-13-5-3-4-10-15(13,18)12-6-8-14(16)9-7-12/h6-9,13,18H,3-5,10-11H2,1-2H3. The van der Waals surface area contributed by atoms with E-state index in [1.165, 1.54) is 18.6 Å². The molecule has 1 aromatic rings. The second kappa shape index (κ2) is 5.37. The molecule has 18 heavy (non-hydrogen) atoms. The molecule has 3 heteroatoms. The first-order valence-electron chi connectivity index (χ1n) is 6.65. The van der Waals surface area contributed by atoms with Crippen molar-refractivity contribution in [3.05, 3.63) is 35.6 Å². The van der Waals surface area contributed by atoms with Gasteiger partial charge in [-0.15, -0.1) is 0 Å². The maximum Gasteiger partial charge on any atom is 0.123 e. The van der Waals surface area contributed by atoms with Crippen LogP contribution in [-0.4, -0.2) is 30.6 Å². The van der Waals surface area contributed by atoms with Crippen LogP contribution in [0.4, 0.5) is 4.39 Å². The van der Waals surface area contributed by atoms with Crippen molar-refractivity contribution in [1.29, 1.82) is 0 Å². The van der Waals surface area contributed by atoms with E-state index in [2.05, 4.69) is 4.90 Å². The fraction of sp³-hybridized carbons (Fsp3) is 0.600. The van der Waals surface area contributed by atoms with Crippen LogP contribution >= 0.6 is 0 Å². The Morgan fingerprint density at radius 1 is 1.28 bits per heavy atom. The van der Waals surface area contributed by atoms with Gasteiger partial charge in [0.1, 0.15) is 5.82 Å². The summed E-state index contributed by atoms with van der Waals surface area (Å²) >= 11 is 0. The number of nitrogens with zero attached hydrogens (tertiary/aromatic N) is 1. The first-order chi connectivity index (χ1) is 8.52. The average molecular weight is 251 g/mol. The minimum absolute atomic E-state index is 0.228. The summed E-state index contributed by atoms with van der Waals surface area (Å²) in [6.45, 7) is 0.869. The van der Waals surface area contributed by atoms with E-state index >= 15 is 0 Å². The molecule has 1 N–H and O–H groups in total. The molecular weight excluding hydrogens is 229 g/mol. The van der Waals surface area contributed by atoms with E-state index in [0.717, 1.165) is 31.4 Å². The highest BCUT2D eigenvalue weighted by atomic mass is 19.1. The van der Waals surface area contributed by atoms with Crippen molar-refractivity contribution in [3.63, 3.8) is 0 Å². The Labute approximate surface area is 108 Å². The Hall–Kier alpha value is -0.930. The van der Waals surface area contributed by atoms with E-state index in [-0.39, 0.29) is 11.7 Å². The first kappa shape index (κ1) is 13.5. The van der Waals surface area contributed by atoms with Crippen molar-refractivity contribution in [2.75, 3.05) is 20.6 Å². The van der Waals surface area contributed by atoms with Crippen molar-refractivity contribution in [2.45, 2.75) is 31.3 Å². The summed E-state index contributed by atoms with van der Waals surface area (Å²) in [5, 5.41) is 11.0. The largest absolute Gasteiger partial charge is 0.385 e. The number of halogens is 1. The number of benzene rings is 1. The van der Waals surface area contributed by atoms with Crippen molar-refractivity contribution in [1.82, 2.24) is 4.90 Å². The SMILES string of the molecule is CN(C)CC1CCCCC1(O)c1ccc(F)cc1. The van der Waals surface area contributed by atoms with Crippen LogP contribution in [0.2, 0.25) is 0 Å². The third-order valence-electron chi connectivity index (χ3n) is 3.97. The van der Waals surface area contributed by atoms with Crippen molar-refractivity contribution in [2.24, 2.45) is 5.92 Å². The molecule has 1 aliphatic carbocycles. The fourth-order valence-corrected chi connectivity index (χ4v) is 3.03. The molecule has 0 heterocycles. The van der Waals surface area contributed by atoms with Crippen LogP contribution in [0.25, 0.3) is 0 Å². The van der Waals surface area contributed by atoms with Crippen LogP contribution in [0.15, 0.2) is 24.3 Å². The number of hydrogen-bond acceptors (Lipinski definition) is 2. The Kier molecular flexibility index (Phi) is 4.03. The van der Waals surface area contributed by atoms with Gasteiger partial charge in [-0.2, -0.15) is 0 Å². The van der Waals surface area contributed by atoms with E-state index in [1.807, 2.05) is 14.1 Å². The Morgan fingerprint density at radius 2 is 1.94 bits per heavy atom. The molecule has 2 rings (SSSR count). The third-order valence-corrected chi connectivity index (χ3v) is 3.97. The Balaban J connectivity index is 2.26. The fourth-order valence-electron chi connectivity index (χ4n) is 3.03. The summed E-state index contributed by atoms with van der Waals surface area (Å²) in [6, 6.07) is 6.33. The van der Waals surface area contributed by atoms with Crippen LogP contribution in [0, 0.1) is 11.7 Å². The topological polar surface area (TPSA) is 23.5 Å². The number of aliphatic hydroxyl groups is 1. The molecule has 2 nitrogen and oxygen atoms in total. The van der Waals surface area contributed by atoms with Crippen LogP contribution in [0.3, 0.4) is 0 Å². The summed E-state index contributed by atoms with van der Waals surface area (Å²) in [5.41, 5.74) is 0.0615. The van der Waals surface area contributed by atoms with Crippen LogP contribution in [0.1, 0.15) is 31.2 Å². The predicted molar refractivity (Wildman–Crippen MR) is 70.8 cm³/mol. The summed E-state index contributed by atoms with van der Waals surface area (Å²) in [6.07, 6.45) is 4.02. The van der Waals surface area contributed by atoms with Gasteiger partial charge in [0, 0.05) is 12.5 Å². The predicted octanol–water partition coefficient (Wildman–Crippen LogP) is 2.77. The lowest BCUT2D eigenvalue weighted by Gasteiger charge is -2.41. The van der Waals surface area contributed by atoms with Gasteiger partial charge < -0.3 is 10.0 Å². The normalized spacial score (nSPS) is 28.6. The first-order valence-corrected chi connectivity index (χ1v) is 6.65. The zero-order valence-electron chi connectivity index (χ0n) is 11.2. The number of hydrogen-bond donors (Lipinski definition) is 1. The molecular formula is C15H22FNO. The summed E-state index contributed by atoms with van der Waals surface area (Å²) < 4.78 is 13.0. The maximum atomic E-state index is 13.0. The molecule has 1 saturated carbocycles. The molecule has 0 saturated heterocycles. The van der Waals surface area contributed by atoms with E-state index < -0.39 is 5.60 Å². The minimum atomic E-state index is -0.795. The molecule has 1 aromatic carbocycles. The third kappa shape index (κ3) is 2.73. The monoisotopic (exact) mass is 251 g/mol. The van der Waals surface area contributed by atoms with Gasteiger partial charge >= 0.3 is 0 Å². The lowest BCUT2D eigenvalue weighted by molar-refractivity contribution is -0.0618. The molecule has 0 aromatic heterocycles. The van der Waals surface area contributed by atoms with Crippen LogP contribution in [0.5, 0.6) is 0 Å². The molecule has 1 aliphatic rings. The second-order valence-corrected chi connectivity index (χ2v) is 5.64. The van der Waals surface area contributed by atoms with Gasteiger partial charge in [-0.3, -0.25) is 0 Å². The molecule has 0 spiro atoms. The average Bonchev–Trinajstić information content (AvgIpc) is 2.32. The van der Waals surface area contributed by atoms with Gasteiger partial charge in [-0.05, 0) is 44.6 Å². The molecule has 2 unspecified atom stereocenters. The van der Waals surface area contributed by atoms with Crippen LogP contribution < -0.4 is 0 Å². The second-order valence-electron chi connectivity index (χ2n) is 5.64. The van der Waals surface area contributed by atoms with Crippen molar-refractivity contribution in [3.8, 4) is 0 Å². The maximum absolute atomic E-state index is 13.0. The molecule has 0 amide bonds. The highest BCUT2D eigenvalue weighted by Gasteiger charge is 2.40. The number of rotatable bonds is 3. The molecule has 0 radical (unpaired) electrons. The highest BCUT2D eigenvalue weighted by molar-refractivity contribution is 5.24. The summed E-state index contributed by atoms with van der Waals surface area (Å²) in [7, 11) is 4.05. The lowest BCUT2D eigenvalue weighted by Crippen LogP contribution is -2.43. The zero-order chi connectivity index (χ0) is 13.2. The molecule has 100 valence electrons. The lowest BCUT2D eigenvalue weighted by atomic mass is 9.71. The van der Waals surface area contributed by atoms with Gasteiger partial charge in [0.05, 0.1) is 5.60 Å². The van der Waals surface area contributed by atoms with E-state index in [4.69, 9.17) is 0 Å². The Bertz CT molecular complexity index is 390. The van der Waals surface area contributed by atoms with Gasteiger partial charge in [-0.1, -0.05) is 25.0 Å². The Morgan fingerprint density at radius 3 is 2.56 bits per heavy atom. The van der Waals surface area contributed by atoms with Crippen molar-refractivity contribution < 1.29 is 9.50 Å². The minimum Gasteiger partial charge on any atom is -0.385 e. The molecule has 0 aliphatic heterocycles. The zero-order valence-corrected chi connectivity index (χ0v) is 11.2. The van der Waals surface area contributed by atoms with E-state index in [0.29, 0.717) is 0 Å². The molecule has 1 fully saturated rings. The molecule has 2 atom stereocenters. The highest BCUT2D eigenvalue weighted by Crippen LogP contribution is 2.41. The van der Waals surface area contributed by atoms with Crippen molar-refractivity contribution >= 4 is 0 Å². The van der Waals surface area contributed by atoms with Crippen LogP contribution in [-0.2, 0) is 5.60 Å². The van der Waals surface area contributed by atoms with Gasteiger partial charge in [0.15, 0.2) is 0 Å².